The Bertz CT molecular complexity index is 1200. The van der Waals surface area contributed by atoms with Gasteiger partial charge in [-0.05, 0) is 53.9 Å². The molecule has 0 saturated carbocycles. The van der Waals surface area contributed by atoms with Gasteiger partial charge in [-0.15, -0.1) is 0 Å². The lowest BCUT2D eigenvalue weighted by Gasteiger charge is -2.33. The van der Waals surface area contributed by atoms with Gasteiger partial charge >= 0.3 is 0 Å². The molecule has 3 aromatic carbocycles. The van der Waals surface area contributed by atoms with Crippen molar-refractivity contribution in [3.63, 3.8) is 0 Å². The van der Waals surface area contributed by atoms with Crippen molar-refractivity contribution in [2.24, 2.45) is 0 Å². The minimum absolute atomic E-state index is 0.113. The van der Waals surface area contributed by atoms with Gasteiger partial charge in [0.05, 0.1) is 37.3 Å². The van der Waals surface area contributed by atoms with Crippen LogP contribution in [0.15, 0.2) is 71.2 Å². The van der Waals surface area contributed by atoms with E-state index in [1.165, 1.54) is 11.1 Å². The van der Waals surface area contributed by atoms with Crippen LogP contribution in [0.2, 0.25) is 0 Å². The van der Waals surface area contributed by atoms with Gasteiger partial charge in [-0.1, -0.05) is 46.3 Å². The Morgan fingerprint density at radius 1 is 0.933 bits per heavy atom. The molecular weight excluding hydrogens is 442 g/mol. The molecule has 2 heterocycles. The smallest absolute Gasteiger partial charge is 0.204 e. The van der Waals surface area contributed by atoms with Crippen LogP contribution in [0.4, 0.5) is 5.95 Å². The lowest BCUT2D eigenvalue weighted by molar-refractivity contribution is 0.353. The summed E-state index contributed by atoms with van der Waals surface area (Å²) in [6.45, 7) is 0. The lowest BCUT2D eigenvalue weighted by Crippen LogP contribution is -2.27. The van der Waals surface area contributed by atoms with E-state index in [9.17, 15) is 0 Å². The Balaban J connectivity index is 1.65. The van der Waals surface area contributed by atoms with Crippen molar-refractivity contribution < 1.29 is 9.47 Å². The van der Waals surface area contributed by atoms with Crippen LogP contribution in [-0.2, 0) is 0 Å². The van der Waals surface area contributed by atoms with E-state index in [4.69, 9.17) is 14.5 Å². The number of rotatable bonds is 4. The summed E-state index contributed by atoms with van der Waals surface area (Å²) >= 11 is 3.53. The summed E-state index contributed by atoms with van der Waals surface area (Å²) in [6.07, 6.45) is 0.893. The zero-order valence-corrected chi connectivity index (χ0v) is 18.4. The maximum absolute atomic E-state index is 5.58. The standard InChI is InChI=1S/C24H22BrN3O2/c1-29-22-12-9-16(13-23(22)30-2)21-14-19(15-7-10-17(25)11-8-15)27-24-26-18-5-3-4-6-20(18)28(21)24/h3-13,19,21H,14H2,1-2H3,(H,26,27)/t19-,21+/m1/s1. The number of benzene rings is 3. The van der Waals surface area contributed by atoms with E-state index in [-0.39, 0.29) is 12.1 Å². The maximum atomic E-state index is 5.58. The van der Waals surface area contributed by atoms with Crippen LogP contribution < -0.4 is 14.8 Å². The Morgan fingerprint density at radius 3 is 2.43 bits per heavy atom. The van der Waals surface area contributed by atoms with Crippen molar-refractivity contribution in [3.8, 4) is 11.5 Å². The number of nitrogens with zero attached hydrogens (tertiary/aromatic N) is 2. The molecule has 1 N–H and O–H groups in total. The van der Waals surface area contributed by atoms with Gasteiger partial charge in [0.25, 0.3) is 0 Å². The molecule has 0 saturated heterocycles. The Kier molecular flexibility index (Phi) is 4.87. The van der Waals surface area contributed by atoms with E-state index in [0.29, 0.717) is 0 Å². The van der Waals surface area contributed by atoms with Gasteiger partial charge in [-0.25, -0.2) is 4.98 Å². The van der Waals surface area contributed by atoms with Crippen LogP contribution in [0.3, 0.4) is 0 Å². The number of hydrogen-bond donors (Lipinski definition) is 1. The summed E-state index contributed by atoms with van der Waals surface area (Å²) in [4.78, 5) is 4.89. The second-order valence-electron chi connectivity index (χ2n) is 7.41. The van der Waals surface area contributed by atoms with Crippen LogP contribution in [0, 0.1) is 0 Å². The van der Waals surface area contributed by atoms with Crippen molar-refractivity contribution >= 4 is 32.9 Å². The molecule has 0 amide bonds. The summed E-state index contributed by atoms with van der Waals surface area (Å²) in [7, 11) is 3.33. The molecule has 5 rings (SSSR count). The maximum Gasteiger partial charge on any atom is 0.204 e. The minimum atomic E-state index is 0.113. The van der Waals surface area contributed by atoms with Crippen LogP contribution in [0.1, 0.15) is 29.6 Å². The van der Waals surface area contributed by atoms with Crippen molar-refractivity contribution in [2.45, 2.75) is 18.5 Å². The number of halogens is 1. The zero-order chi connectivity index (χ0) is 20.7. The van der Waals surface area contributed by atoms with Gasteiger partial charge in [0, 0.05) is 4.47 Å². The van der Waals surface area contributed by atoms with Crippen LogP contribution >= 0.6 is 15.9 Å². The third-order valence-electron chi connectivity index (χ3n) is 5.73. The highest BCUT2D eigenvalue weighted by atomic mass is 79.9. The second kappa shape index (κ2) is 7.69. The molecule has 0 bridgehead atoms. The Morgan fingerprint density at radius 2 is 1.67 bits per heavy atom. The molecule has 1 aromatic heterocycles. The highest BCUT2D eigenvalue weighted by molar-refractivity contribution is 9.10. The SMILES string of the molecule is COc1ccc([C@@H]2C[C@H](c3ccc(Br)cc3)Nc3nc4ccccc4n32)cc1OC. The summed E-state index contributed by atoms with van der Waals surface area (Å²) < 4.78 is 14.4. The van der Waals surface area contributed by atoms with Crippen LogP contribution in [0.25, 0.3) is 11.0 Å². The number of aromatic nitrogens is 2. The van der Waals surface area contributed by atoms with Crippen LogP contribution in [0.5, 0.6) is 11.5 Å². The molecule has 4 aromatic rings. The van der Waals surface area contributed by atoms with E-state index in [2.05, 4.69) is 80.4 Å². The lowest BCUT2D eigenvalue weighted by atomic mass is 9.92. The number of ether oxygens (including phenoxy) is 2. The van der Waals surface area contributed by atoms with E-state index in [1.54, 1.807) is 14.2 Å². The van der Waals surface area contributed by atoms with Crippen LogP contribution in [-0.4, -0.2) is 23.8 Å². The summed E-state index contributed by atoms with van der Waals surface area (Å²) in [5.41, 5.74) is 4.51. The first kappa shape index (κ1) is 19.0. The van der Waals surface area contributed by atoms with E-state index in [1.807, 2.05) is 12.1 Å². The fourth-order valence-electron chi connectivity index (χ4n) is 4.26. The van der Waals surface area contributed by atoms with E-state index < -0.39 is 0 Å². The molecule has 5 nitrogen and oxygen atoms in total. The first-order valence-corrected chi connectivity index (χ1v) is 10.7. The number of hydrogen-bond acceptors (Lipinski definition) is 4. The highest BCUT2D eigenvalue weighted by Crippen LogP contribution is 2.43. The molecule has 0 spiro atoms. The fourth-order valence-corrected chi connectivity index (χ4v) is 4.53. The van der Waals surface area contributed by atoms with E-state index >= 15 is 0 Å². The highest BCUT2D eigenvalue weighted by Gasteiger charge is 2.31. The van der Waals surface area contributed by atoms with Crippen molar-refractivity contribution in [1.82, 2.24) is 9.55 Å². The number of imidazole rings is 1. The molecule has 0 fully saturated rings. The van der Waals surface area contributed by atoms with Gasteiger partial charge in [-0.2, -0.15) is 0 Å². The third kappa shape index (κ3) is 3.21. The molecule has 0 radical (unpaired) electrons. The van der Waals surface area contributed by atoms with Crippen molar-refractivity contribution in [2.75, 3.05) is 19.5 Å². The topological polar surface area (TPSA) is 48.3 Å². The molecule has 0 unspecified atom stereocenters. The Labute approximate surface area is 183 Å². The molecular formula is C24H22BrN3O2. The first-order valence-electron chi connectivity index (χ1n) is 9.89. The number of methoxy groups -OCH3 is 2. The molecule has 152 valence electrons. The summed E-state index contributed by atoms with van der Waals surface area (Å²) in [6, 6.07) is 23.2. The molecule has 2 atom stereocenters. The zero-order valence-electron chi connectivity index (χ0n) is 16.8. The number of fused-ring (bicyclic) bond motifs is 3. The van der Waals surface area contributed by atoms with Crippen molar-refractivity contribution in [3.05, 3.63) is 82.3 Å². The van der Waals surface area contributed by atoms with Gasteiger partial charge in [0.15, 0.2) is 11.5 Å². The van der Waals surface area contributed by atoms with Gasteiger partial charge < -0.3 is 19.4 Å². The average molecular weight is 464 g/mol. The summed E-state index contributed by atoms with van der Waals surface area (Å²) in [5.74, 6) is 2.35. The molecule has 1 aliphatic heterocycles. The summed E-state index contributed by atoms with van der Waals surface area (Å²) in [5, 5.41) is 3.65. The molecule has 1 aliphatic rings. The largest absolute Gasteiger partial charge is 0.493 e. The fraction of sp³-hybridized carbons (Fsp3) is 0.208. The first-order chi connectivity index (χ1) is 14.7. The predicted octanol–water partition coefficient (Wildman–Crippen LogP) is 5.96. The molecule has 0 aliphatic carbocycles. The third-order valence-corrected chi connectivity index (χ3v) is 6.26. The van der Waals surface area contributed by atoms with E-state index in [0.717, 1.165) is 39.4 Å². The van der Waals surface area contributed by atoms with Gasteiger partial charge in [-0.3, -0.25) is 0 Å². The second-order valence-corrected chi connectivity index (χ2v) is 8.32. The predicted molar refractivity (Wildman–Crippen MR) is 123 cm³/mol. The monoisotopic (exact) mass is 463 g/mol. The normalized spacial score (nSPS) is 18.0. The minimum Gasteiger partial charge on any atom is -0.493 e. The van der Waals surface area contributed by atoms with Gasteiger partial charge in [0.2, 0.25) is 5.95 Å². The number of nitrogens with one attached hydrogen (secondary N) is 1. The number of anilines is 1. The number of para-hydroxylation sites is 2. The van der Waals surface area contributed by atoms with Gasteiger partial charge in [0.1, 0.15) is 0 Å². The average Bonchev–Trinajstić information content (AvgIpc) is 3.17. The Hall–Kier alpha value is -2.99. The molecule has 6 heteroatoms. The quantitative estimate of drug-likeness (QED) is 0.405. The van der Waals surface area contributed by atoms with Crippen molar-refractivity contribution in [1.29, 1.82) is 0 Å². The molecule has 30 heavy (non-hydrogen) atoms.